The van der Waals surface area contributed by atoms with Crippen LogP contribution < -0.4 is 5.32 Å². The van der Waals surface area contributed by atoms with E-state index in [0.717, 1.165) is 5.56 Å². The second kappa shape index (κ2) is 7.89. The summed E-state index contributed by atoms with van der Waals surface area (Å²) in [5.41, 5.74) is 2.79. The fraction of sp³-hybridized carbons (Fsp3) is 0.0952. The van der Waals surface area contributed by atoms with E-state index in [9.17, 15) is 9.18 Å². The molecule has 0 spiro atoms. The smallest absolute Gasteiger partial charge is 0.274 e. The second-order valence-electron chi connectivity index (χ2n) is 6.46. The Morgan fingerprint density at radius 1 is 1.21 bits per heavy atom. The average molecular weight is 411 g/mol. The molecule has 0 unspecified atom stereocenters. The van der Waals surface area contributed by atoms with Gasteiger partial charge in [-0.05, 0) is 61.0 Å². The number of anilines is 1. The normalized spacial score (nSPS) is 10.9. The number of carbonyl (C=O) groups excluding carboxylic acids is 1. The van der Waals surface area contributed by atoms with Gasteiger partial charge < -0.3 is 14.4 Å². The third-order valence-electron chi connectivity index (χ3n) is 4.35. The van der Waals surface area contributed by atoms with Gasteiger partial charge in [-0.1, -0.05) is 22.8 Å². The predicted octanol–water partition coefficient (Wildman–Crippen LogP) is 4.94. The summed E-state index contributed by atoms with van der Waals surface area (Å²) in [6, 6.07) is 14.7. The second-order valence-corrected chi connectivity index (χ2v) is 6.87. The summed E-state index contributed by atoms with van der Waals surface area (Å²) in [6.07, 6.45) is 1.75. The molecule has 146 valence electrons. The lowest BCUT2D eigenvalue weighted by Gasteiger charge is -2.09. The Balaban J connectivity index is 1.50. The number of rotatable bonds is 5. The Kier molecular flexibility index (Phi) is 5.14. The monoisotopic (exact) mass is 410 g/mol. The van der Waals surface area contributed by atoms with E-state index in [-0.39, 0.29) is 24.2 Å². The number of aromatic nitrogens is 3. The molecule has 29 heavy (non-hydrogen) atoms. The molecule has 0 fully saturated rings. The van der Waals surface area contributed by atoms with E-state index in [1.165, 1.54) is 12.1 Å². The lowest BCUT2D eigenvalue weighted by molar-refractivity contribution is -0.116. The zero-order chi connectivity index (χ0) is 20.4. The van der Waals surface area contributed by atoms with Crippen molar-refractivity contribution >= 4 is 23.2 Å². The fourth-order valence-corrected chi connectivity index (χ4v) is 3.00. The molecule has 0 radical (unpaired) electrons. The third kappa shape index (κ3) is 4.20. The molecule has 0 saturated carbocycles. The van der Waals surface area contributed by atoms with Crippen molar-refractivity contribution in [1.82, 2.24) is 14.7 Å². The number of carbonyl (C=O) groups is 1. The first kappa shape index (κ1) is 18.9. The molecule has 4 aromatic rings. The first-order chi connectivity index (χ1) is 14.0. The third-order valence-corrected chi connectivity index (χ3v) is 4.75. The van der Waals surface area contributed by atoms with Gasteiger partial charge in [0.2, 0.25) is 11.7 Å². The molecular formula is C21H16ClFN4O2. The summed E-state index contributed by atoms with van der Waals surface area (Å²) in [6.45, 7) is 1.95. The lowest BCUT2D eigenvalue weighted by Crippen LogP contribution is -2.18. The molecule has 1 N–H and O–H groups in total. The lowest BCUT2D eigenvalue weighted by atomic mass is 10.2. The number of amides is 1. The predicted molar refractivity (Wildman–Crippen MR) is 108 cm³/mol. The maximum atomic E-state index is 13.1. The van der Waals surface area contributed by atoms with Crippen LogP contribution in [0.4, 0.5) is 10.1 Å². The summed E-state index contributed by atoms with van der Waals surface area (Å²) in [5, 5.41) is 7.34. The molecule has 0 aliphatic heterocycles. The highest BCUT2D eigenvalue weighted by molar-refractivity contribution is 6.31. The van der Waals surface area contributed by atoms with E-state index in [0.29, 0.717) is 27.8 Å². The van der Waals surface area contributed by atoms with Crippen LogP contribution in [-0.2, 0) is 11.3 Å². The first-order valence-electron chi connectivity index (χ1n) is 8.81. The molecule has 0 atom stereocenters. The number of hydrogen-bond donors (Lipinski definition) is 1. The zero-order valence-corrected chi connectivity index (χ0v) is 16.2. The van der Waals surface area contributed by atoms with E-state index < -0.39 is 0 Å². The molecule has 0 aliphatic rings. The number of benzene rings is 2. The highest BCUT2D eigenvalue weighted by atomic mass is 35.5. The molecule has 2 aromatic carbocycles. The van der Waals surface area contributed by atoms with Gasteiger partial charge >= 0.3 is 0 Å². The van der Waals surface area contributed by atoms with E-state index >= 15 is 0 Å². The maximum absolute atomic E-state index is 13.1. The Bertz CT molecular complexity index is 1170. The van der Waals surface area contributed by atoms with Gasteiger partial charge in [0.15, 0.2) is 0 Å². The molecule has 4 rings (SSSR count). The minimum absolute atomic E-state index is 0.0576. The number of nitrogens with zero attached hydrogens (tertiary/aromatic N) is 3. The van der Waals surface area contributed by atoms with Crippen LogP contribution in [0, 0.1) is 12.7 Å². The molecule has 0 aliphatic carbocycles. The van der Waals surface area contributed by atoms with Gasteiger partial charge in [0, 0.05) is 22.5 Å². The Labute approximate surface area is 170 Å². The van der Waals surface area contributed by atoms with Crippen molar-refractivity contribution in [2.75, 3.05) is 5.32 Å². The largest absolute Gasteiger partial charge is 0.334 e. The molecule has 8 heteroatoms. The van der Waals surface area contributed by atoms with Gasteiger partial charge in [-0.2, -0.15) is 4.98 Å². The van der Waals surface area contributed by atoms with E-state index in [2.05, 4.69) is 15.5 Å². The van der Waals surface area contributed by atoms with Crippen molar-refractivity contribution in [3.63, 3.8) is 0 Å². The average Bonchev–Trinajstić information content (AvgIpc) is 3.34. The van der Waals surface area contributed by atoms with Crippen LogP contribution in [0.3, 0.4) is 0 Å². The number of aryl methyl sites for hydroxylation is 1. The van der Waals surface area contributed by atoms with Crippen molar-refractivity contribution in [2.45, 2.75) is 13.5 Å². The summed E-state index contributed by atoms with van der Waals surface area (Å²) in [4.78, 5) is 16.8. The highest BCUT2D eigenvalue weighted by Gasteiger charge is 2.16. The number of hydrogen-bond acceptors (Lipinski definition) is 4. The quantitative estimate of drug-likeness (QED) is 0.505. The van der Waals surface area contributed by atoms with Gasteiger partial charge in [0.25, 0.3) is 5.89 Å². The van der Waals surface area contributed by atoms with Gasteiger partial charge in [-0.3, -0.25) is 4.79 Å². The molecular weight excluding hydrogens is 395 g/mol. The maximum Gasteiger partial charge on any atom is 0.274 e. The molecule has 0 bridgehead atoms. The Morgan fingerprint density at radius 3 is 2.76 bits per heavy atom. The highest BCUT2D eigenvalue weighted by Crippen LogP contribution is 2.24. The van der Waals surface area contributed by atoms with Crippen LogP contribution in [0.25, 0.3) is 23.0 Å². The van der Waals surface area contributed by atoms with Crippen molar-refractivity contribution < 1.29 is 13.7 Å². The van der Waals surface area contributed by atoms with Gasteiger partial charge in [0.1, 0.15) is 18.1 Å². The van der Waals surface area contributed by atoms with Crippen LogP contribution in [0.1, 0.15) is 5.56 Å². The Morgan fingerprint density at radius 2 is 2.00 bits per heavy atom. The molecule has 6 nitrogen and oxygen atoms in total. The molecule has 0 saturated heterocycles. The van der Waals surface area contributed by atoms with Crippen molar-refractivity contribution in [3.05, 3.63) is 77.2 Å². The molecule has 1 amide bonds. The van der Waals surface area contributed by atoms with E-state index in [1.807, 2.05) is 13.0 Å². The van der Waals surface area contributed by atoms with Crippen LogP contribution in [0.5, 0.6) is 0 Å². The number of halogens is 2. The van der Waals surface area contributed by atoms with Crippen LogP contribution in [0.2, 0.25) is 5.02 Å². The van der Waals surface area contributed by atoms with Crippen LogP contribution in [0.15, 0.2) is 65.3 Å². The Hall–Kier alpha value is -3.45. The number of nitrogens with one attached hydrogen (secondary N) is 1. The summed E-state index contributed by atoms with van der Waals surface area (Å²) >= 11 is 6.10. The molecule has 2 heterocycles. The topological polar surface area (TPSA) is 73.0 Å². The first-order valence-corrected chi connectivity index (χ1v) is 9.18. The summed E-state index contributed by atoms with van der Waals surface area (Å²) in [5.74, 6) is 0.0415. The summed E-state index contributed by atoms with van der Waals surface area (Å²) < 4.78 is 20.1. The van der Waals surface area contributed by atoms with E-state index in [4.69, 9.17) is 16.1 Å². The summed E-state index contributed by atoms with van der Waals surface area (Å²) in [7, 11) is 0. The van der Waals surface area contributed by atoms with Gasteiger partial charge in [-0.25, -0.2) is 4.39 Å². The van der Waals surface area contributed by atoms with Gasteiger partial charge in [0.05, 0.1) is 0 Å². The van der Waals surface area contributed by atoms with Crippen molar-refractivity contribution in [2.24, 2.45) is 0 Å². The fourth-order valence-electron chi connectivity index (χ4n) is 2.82. The zero-order valence-electron chi connectivity index (χ0n) is 15.4. The van der Waals surface area contributed by atoms with Crippen molar-refractivity contribution in [1.29, 1.82) is 0 Å². The molecule has 2 aromatic heterocycles. The minimum Gasteiger partial charge on any atom is -0.334 e. The van der Waals surface area contributed by atoms with E-state index in [1.54, 1.807) is 47.2 Å². The SMILES string of the molecule is Cc1ccc(NC(=O)Cn2cccc2-c2nc(-c3ccc(F)cc3)no2)cc1Cl. The van der Waals surface area contributed by atoms with Gasteiger partial charge in [-0.15, -0.1) is 0 Å². The minimum atomic E-state index is -0.341. The van der Waals surface area contributed by atoms with Crippen LogP contribution >= 0.6 is 11.6 Å². The van der Waals surface area contributed by atoms with Crippen molar-refractivity contribution in [3.8, 4) is 23.0 Å². The standard InChI is InChI=1S/C21H16ClFN4O2/c1-13-4-9-16(11-17(13)22)24-19(28)12-27-10-2-3-18(27)21-25-20(26-29-21)14-5-7-15(23)8-6-14/h2-11H,12H2,1H3,(H,24,28). The van der Waals surface area contributed by atoms with Crippen LogP contribution in [-0.4, -0.2) is 20.6 Å².